The first-order valence-corrected chi connectivity index (χ1v) is 16.2. The minimum Gasteiger partial charge on any atom is -0.352 e. The van der Waals surface area contributed by atoms with Gasteiger partial charge in [-0.15, -0.1) is 0 Å². The Bertz CT molecular complexity index is 1390. The van der Waals surface area contributed by atoms with Gasteiger partial charge in [0.05, 0.1) is 10.6 Å². The monoisotopic (exact) mass is 673 g/mol. The molecule has 1 atom stereocenters. The Hall–Kier alpha value is -2.92. The molecule has 2 amide bonds. The second-order valence-electron chi connectivity index (χ2n) is 10.2. The molecule has 0 bridgehead atoms. The molecular weight excluding hydrogens is 637 g/mol. The summed E-state index contributed by atoms with van der Waals surface area (Å²) < 4.78 is 29.8. The summed E-state index contributed by atoms with van der Waals surface area (Å²) in [6.07, 6.45) is 4.44. The van der Waals surface area contributed by atoms with Crippen LogP contribution in [0.25, 0.3) is 0 Å². The summed E-state index contributed by atoms with van der Waals surface area (Å²) in [4.78, 5) is 29.2. The molecule has 1 N–H and O–H groups in total. The minimum atomic E-state index is -4.06. The molecule has 0 radical (unpaired) electrons. The van der Waals surface area contributed by atoms with E-state index in [4.69, 9.17) is 0 Å². The first-order valence-electron chi connectivity index (χ1n) is 13.7. The van der Waals surface area contributed by atoms with Gasteiger partial charge in [0, 0.05) is 16.2 Å². The number of sulfonamides is 1. The summed E-state index contributed by atoms with van der Waals surface area (Å²) in [7, 11) is -4.06. The average molecular weight is 674 g/mol. The van der Waals surface area contributed by atoms with Gasteiger partial charge in [0.2, 0.25) is 11.8 Å². The quantitative estimate of drug-likeness (QED) is 0.266. The first kappa shape index (κ1) is 30.0. The highest BCUT2D eigenvalue weighted by Gasteiger charge is 2.34. The van der Waals surface area contributed by atoms with Gasteiger partial charge in [-0.3, -0.25) is 13.9 Å². The number of nitrogens with one attached hydrogen (secondary N) is 1. The third kappa shape index (κ3) is 7.42. The van der Waals surface area contributed by atoms with Gasteiger partial charge < -0.3 is 10.2 Å². The van der Waals surface area contributed by atoms with Gasteiger partial charge in [-0.2, -0.15) is 0 Å². The lowest BCUT2D eigenvalue weighted by Crippen LogP contribution is -2.53. The summed E-state index contributed by atoms with van der Waals surface area (Å²) in [5.74, 6) is -0.631. The highest BCUT2D eigenvalue weighted by atomic mass is 127. The Morgan fingerprint density at radius 3 is 2.17 bits per heavy atom. The predicted molar refractivity (Wildman–Crippen MR) is 166 cm³/mol. The van der Waals surface area contributed by atoms with Crippen molar-refractivity contribution in [3.8, 4) is 0 Å². The maximum atomic E-state index is 14.1. The minimum absolute atomic E-state index is 0.0949. The summed E-state index contributed by atoms with van der Waals surface area (Å²) in [6.45, 7) is 3.63. The number of aryl methyl sites for hydroxylation is 1. The highest BCUT2D eigenvalue weighted by Crippen LogP contribution is 2.26. The third-order valence-corrected chi connectivity index (χ3v) is 9.79. The smallest absolute Gasteiger partial charge is 0.264 e. The number of nitrogens with zero attached hydrogens (tertiary/aromatic N) is 2. The Morgan fingerprint density at radius 2 is 1.57 bits per heavy atom. The molecule has 0 spiro atoms. The van der Waals surface area contributed by atoms with Crippen LogP contribution in [0.1, 0.15) is 50.2 Å². The molecule has 3 aromatic rings. The standard InChI is InChI=1S/C31H36IN3O4S/c1-3-29(31(37)33-26-9-7-8-10-26)34(21-24-15-13-23(2)14-16-24)30(36)22-35(27-19-17-25(32)18-20-27)40(38,39)28-11-5-4-6-12-28/h4-6,11-20,26,29H,3,7-10,21-22H2,1-2H3,(H,33,37)/t29-/m0/s1. The van der Waals surface area contributed by atoms with E-state index in [1.54, 1.807) is 30.3 Å². The summed E-state index contributed by atoms with van der Waals surface area (Å²) >= 11 is 2.16. The predicted octanol–water partition coefficient (Wildman–Crippen LogP) is 5.66. The highest BCUT2D eigenvalue weighted by molar-refractivity contribution is 14.1. The van der Waals surface area contributed by atoms with Crippen LogP contribution in [0.4, 0.5) is 5.69 Å². The number of hydrogen-bond acceptors (Lipinski definition) is 4. The first-order chi connectivity index (χ1) is 19.2. The van der Waals surface area contributed by atoms with Crippen LogP contribution < -0.4 is 9.62 Å². The van der Waals surface area contributed by atoms with Crippen LogP contribution in [-0.4, -0.2) is 43.8 Å². The van der Waals surface area contributed by atoms with Crippen molar-refractivity contribution in [2.75, 3.05) is 10.8 Å². The van der Waals surface area contributed by atoms with Crippen LogP contribution in [0.2, 0.25) is 0 Å². The molecule has 4 rings (SSSR count). The van der Waals surface area contributed by atoms with Gasteiger partial charge in [-0.05, 0) is 90.7 Å². The van der Waals surface area contributed by atoms with Crippen molar-refractivity contribution in [1.82, 2.24) is 10.2 Å². The number of halogens is 1. The Morgan fingerprint density at radius 1 is 0.950 bits per heavy atom. The molecule has 0 aromatic heterocycles. The Balaban J connectivity index is 1.69. The SMILES string of the molecule is CC[C@@H](C(=O)NC1CCCC1)N(Cc1ccc(C)cc1)C(=O)CN(c1ccc(I)cc1)S(=O)(=O)c1ccccc1. The van der Waals surface area contributed by atoms with Crippen LogP contribution in [0.15, 0.2) is 83.8 Å². The zero-order valence-corrected chi connectivity index (χ0v) is 25.9. The molecule has 212 valence electrons. The van der Waals surface area contributed by atoms with Gasteiger partial charge in [-0.25, -0.2) is 8.42 Å². The van der Waals surface area contributed by atoms with Crippen molar-refractivity contribution in [2.24, 2.45) is 0 Å². The van der Waals surface area contributed by atoms with E-state index >= 15 is 0 Å². The maximum Gasteiger partial charge on any atom is 0.264 e. The van der Waals surface area contributed by atoms with Gasteiger partial charge >= 0.3 is 0 Å². The van der Waals surface area contributed by atoms with Crippen LogP contribution in [-0.2, 0) is 26.2 Å². The second-order valence-corrected chi connectivity index (χ2v) is 13.3. The lowest BCUT2D eigenvalue weighted by molar-refractivity contribution is -0.140. The number of benzene rings is 3. The molecule has 0 unspecified atom stereocenters. The third-order valence-electron chi connectivity index (χ3n) is 7.29. The van der Waals surface area contributed by atoms with Crippen LogP contribution in [0.3, 0.4) is 0 Å². The number of carbonyl (C=O) groups is 2. The summed E-state index contributed by atoms with van der Waals surface area (Å²) in [5, 5.41) is 3.14. The van der Waals surface area contributed by atoms with E-state index in [1.165, 1.54) is 17.0 Å². The Labute approximate surface area is 251 Å². The zero-order valence-electron chi connectivity index (χ0n) is 22.9. The molecule has 9 heteroatoms. The van der Waals surface area contributed by atoms with E-state index < -0.39 is 28.5 Å². The molecular formula is C31H36IN3O4S. The number of anilines is 1. The van der Waals surface area contributed by atoms with Crippen molar-refractivity contribution < 1.29 is 18.0 Å². The van der Waals surface area contributed by atoms with E-state index in [-0.39, 0.29) is 23.4 Å². The van der Waals surface area contributed by atoms with E-state index in [0.717, 1.165) is 44.7 Å². The lowest BCUT2D eigenvalue weighted by Gasteiger charge is -2.33. The fraction of sp³-hybridized carbons (Fsp3) is 0.355. The van der Waals surface area contributed by atoms with E-state index in [1.807, 2.05) is 50.2 Å². The molecule has 0 aliphatic heterocycles. The fourth-order valence-electron chi connectivity index (χ4n) is 5.03. The van der Waals surface area contributed by atoms with E-state index in [2.05, 4.69) is 27.9 Å². The second kappa shape index (κ2) is 13.6. The largest absolute Gasteiger partial charge is 0.352 e. The number of amides is 2. The topological polar surface area (TPSA) is 86.8 Å². The molecule has 40 heavy (non-hydrogen) atoms. The molecule has 1 aliphatic carbocycles. The van der Waals surface area contributed by atoms with E-state index in [0.29, 0.717) is 12.1 Å². The summed E-state index contributed by atoms with van der Waals surface area (Å²) in [5.41, 5.74) is 2.35. The van der Waals surface area contributed by atoms with Crippen molar-refractivity contribution >= 4 is 50.1 Å². The van der Waals surface area contributed by atoms with Crippen molar-refractivity contribution in [3.05, 3.63) is 93.6 Å². The molecule has 0 saturated heterocycles. The molecule has 0 heterocycles. The molecule has 1 fully saturated rings. The van der Waals surface area contributed by atoms with Crippen molar-refractivity contribution in [1.29, 1.82) is 0 Å². The van der Waals surface area contributed by atoms with Crippen LogP contribution >= 0.6 is 22.6 Å². The number of hydrogen-bond donors (Lipinski definition) is 1. The van der Waals surface area contributed by atoms with Crippen LogP contribution in [0.5, 0.6) is 0 Å². The van der Waals surface area contributed by atoms with Gasteiger partial charge in [-0.1, -0.05) is 67.8 Å². The zero-order chi connectivity index (χ0) is 28.7. The molecule has 1 saturated carbocycles. The maximum absolute atomic E-state index is 14.1. The lowest BCUT2D eigenvalue weighted by atomic mass is 10.1. The van der Waals surface area contributed by atoms with Gasteiger partial charge in [0.25, 0.3) is 10.0 Å². The normalized spacial score (nSPS) is 14.5. The number of rotatable bonds is 11. The van der Waals surface area contributed by atoms with E-state index in [9.17, 15) is 18.0 Å². The molecule has 7 nitrogen and oxygen atoms in total. The molecule has 1 aliphatic rings. The fourth-order valence-corrected chi connectivity index (χ4v) is 6.83. The van der Waals surface area contributed by atoms with Crippen molar-refractivity contribution in [2.45, 2.75) is 69.5 Å². The molecule has 3 aromatic carbocycles. The summed E-state index contributed by atoms with van der Waals surface area (Å²) in [6, 6.07) is 22.3. The van der Waals surface area contributed by atoms with Crippen molar-refractivity contribution in [3.63, 3.8) is 0 Å². The van der Waals surface area contributed by atoms with Gasteiger partial charge in [0.1, 0.15) is 12.6 Å². The Kier molecular flexibility index (Phi) is 10.2. The number of carbonyl (C=O) groups excluding carboxylic acids is 2. The van der Waals surface area contributed by atoms with Gasteiger partial charge in [0.15, 0.2) is 0 Å². The van der Waals surface area contributed by atoms with Crippen LogP contribution in [0, 0.1) is 10.5 Å². The average Bonchev–Trinajstić information content (AvgIpc) is 3.46.